The van der Waals surface area contributed by atoms with E-state index in [1.54, 1.807) is 24.3 Å². The molecule has 8 heteroatoms. The summed E-state index contributed by atoms with van der Waals surface area (Å²) in [5.74, 6) is -0.723. The number of para-hydroxylation sites is 1. The molecule has 2 aromatic rings. The van der Waals surface area contributed by atoms with E-state index < -0.39 is 11.7 Å². The zero-order valence-corrected chi connectivity index (χ0v) is 19.0. The van der Waals surface area contributed by atoms with Gasteiger partial charge in [0.05, 0.1) is 17.3 Å². The third-order valence-corrected chi connectivity index (χ3v) is 7.63. The number of carbonyl (C=O) groups excluding carboxylic acids is 1. The van der Waals surface area contributed by atoms with E-state index in [4.69, 9.17) is 0 Å². The van der Waals surface area contributed by atoms with E-state index in [1.807, 2.05) is 0 Å². The Morgan fingerprint density at radius 3 is 2.45 bits per heavy atom. The van der Waals surface area contributed by atoms with Crippen molar-refractivity contribution >= 4 is 22.8 Å². The van der Waals surface area contributed by atoms with Crippen LogP contribution in [0.15, 0.2) is 33.9 Å². The van der Waals surface area contributed by atoms with Crippen molar-refractivity contribution in [3.63, 3.8) is 0 Å². The molecule has 1 aromatic carbocycles. The van der Waals surface area contributed by atoms with Crippen LogP contribution in [0.5, 0.6) is 0 Å². The number of carboxylic acid groups (broad SMARTS) is 1. The minimum absolute atomic E-state index is 0.00417. The van der Waals surface area contributed by atoms with Crippen LogP contribution in [0.4, 0.5) is 0 Å². The van der Waals surface area contributed by atoms with Gasteiger partial charge < -0.3 is 15.4 Å². The van der Waals surface area contributed by atoms with Gasteiger partial charge in [0.25, 0.3) is 5.56 Å². The van der Waals surface area contributed by atoms with Crippen LogP contribution < -0.4 is 16.6 Å². The minimum Gasteiger partial charge on any atom is -0.481 e. The second kappa shape index (κ2) is 9.93. The van der Waals surface area contributed by atoms with Crippen LogP contribution >= 0.6 is 0 Å². The molecule has 4 rings (SSSR count). The van der Waals surface area contributed by atoms with Crippen molar-refractivity contribution in [3.05, 3.63) is 45.1 Å². The summed E-state index contributed by atoms with van der Waals surface area (Å²) in [4.78, 5) is 52.2. The van der Waals surface area contributed by atoms with Gasteiger partial charge in [-0.1, -0.05) is 31.4 Å². The number of rotatable bonds is 7. The number of aliphatic carboxylic acids is 1. The standard InChI is InChI=1S/C25H33N3O5/c29-21(30)14-25(12-4-1-5-13-25)16-26-22(31)18-10-8-17(9-11-18)15-28-23(32)19-6-2-3-7-20(19)27-24(28)33/h2-3,6-7,17-18H,1,4-5,8-16H2,(H,26,31)(H,27,33)(H,29,30). The van der Waals surface area contributed by atoms with Crippen LogP contribution in [0.1, 0.15) is 64.2 Å². The topological polar surface area (TPSA) is 121 Å². The second-order valence-electron chi connectivity index (χ2n) is 9.96. The van der Waals surface area contributed by atoms with E-state index in [1.165, 1.54) is 4.57 Å². The molecule has 3 N–H and O–H groups in total. The second-order valence-corrected chi connectivity index (χ2v) is 9.96. The summed E-state index contributed by atoms with van der Waals surface area (Å²) >= 11 is 0. The highest BCUT2D eigenvalue weighted by Crippen LogP contribution is 2.39. The molecule has 1 amide bonds. The largest absolute Gasteiger partial charge is 0.481 e. The first-order valence-corrected chi connectivity index (χ1v) is 12.1. The maximum atomic E-state index is 12.8. The molecule has 2 fully saturated rings. The summed E-state index contributed by atoms with van der Waals surface area (Å²) in [6, 6.07) is 7.01. The number of benzene rings is 1. The number of nitrogens with one attached hydrogen (secondary N) is 2. The summed E-state index contributed by atoms with van der Waals surface area (Å²) in [6.45, 7) is 0.787. The first kappa shape index (κ1) is 23.3. The number of nitrogens with zero attached hydrogens (tertiary/aromatic N) is 1. The number of aromatic nitrogens is 2. The molecule has 8 nitrogen and oxygen atoms in total. The predicted molar refractivity (Wildman–Crippen MR) is 125 cm³/mol. The van der Waals surface area contributed by atoms with Crippen LogP contribution in [-0.4, -0.2) is 33.1 Å². The Morgan fingerprint density at radius 1 is 1.06 bits per heavy atom. The van der Waals surface area contributed by atoms with Gasteiger partial charge in [0.1, 0.15) is 0 Å². The molecular weight excluding hydrogens is 422 g/mol. The average Bonchev–Trinajstić information content (AvgIpc) is 2.81. The zero-order chi connectivity index (χ0) is 23.4. The lowest BCUT2D eigenvalue weighted by atomic mass is 9.71. The Bertz CT molecular complexity index is 1120. The molecule has 0 saturated heterocycles. The van der Waals surface area contributed by atoms with Crippen LogP contribution in [0.2, 0.25) is 0 Å². The highest BCUT2D eigenvalue weighted by Gasteiger charge is 2.36. The average molecular weight is 456 g/mol. The lowest BCUT2D eigenvalue weighted by Gasteiger charge is -2.37. The van der Waals surface area contributed by atoms with Gasteiger partial charge >= 0.3 is 11.7 Å². The monoisotopic (exact) mass is 455 g/mol. The molecule has 178 valence electrons. The van der Waals surface area contributed by atoms with Crippen molar-refractivity contribution < 1.29 is 14.7 Å². The van der Waals surface area contributed by atoms with E-state index in [0.717, 1.165) is 44.9 Å². The van der Waals surface area contributed by atoms with E-state index in [-0.39, 0.29) is 35.1 Å². The van der Waals surface area contributed by atoms with E-state index in [2.05, 4.69) is 10.3 Å². The lowest BCUT2D eigenvalue weighted by Crippen LogP contribution is -2.43. The first-order chi connectivity index (χ1) is 15.9. The quantitative estimate of drug-likeness (QED) is 0.592. The van der Waals surface area contributed by atoms with Gasteiger partial charge in [0.2, 0.25) is 5.91 Å². The molecule has 2 saturated carbocycles. The van der Waals surface area contributed by atoms with Crippen molar-refractivity contribution in [2.45, 2.75) is 70.8 Å². The smallest absolute Gasteiger partial charge is 0.328 e. The molecule has 2 aliphatic rings. The SMILES string of the molecule is O=C(O)CC1(CNC(=O)C2CCC(Cn3c(=O)[nH]c4ccccc4c3=O)CC2)CCCCC1. The van der Waals surface area contributed by atoms with Crippen LogP contribution in [0.25, 0.3) is 10.9 Å². The predicted octanol–water partition coefficient (Wildman–Crippen LogP) is 3.04. The van der Waals surface area contributed by atoms with Gasteiger partial charge in [-0.3, -0.25) is 19.0 Å². The molecule has 0 atom stereocenters. The Morgan fingerprint density at radius 2 is 1.76 bits per heavy atom. The Hall–Kier alpha value is -2.90. The molecular formula is C25H33N3O5. The number of fused-ring (bicyclic) bond motifs is 1. The van der Waals surface area contributed by atoms with Crippen molar-refractivity contribution in [2.24, 2.45) is 17.3 Å². The number of aromatic amines is 1. The van der Waals surface area contributed by atoms with Crippen molar-refractivity contribution in [1.82, 2.24) is 14.9 Å². The van der Waals surface area contributed by atoms with Crippen LogP contribution in [0.3, 0.4) is 0 Å². The zero-order valence-electron chi connectivity index (χ0n) is 19.0. The first-order valence-electron chi connectivity index (χ1n) is 12.1. The summed E-state index contributed by atoms with van der Waals surface area (Å²) < 4.78 is 1.28. The highest BCUT2D eigenvalue weighted by atomic mass is 16.4. The number of hydrogen-bond donors (Lipinski definition) is 3. The van der Waals surface area contributed by atoms with Gasteiger partial charge in [-0.05, 0) is 62.0 Å². The minimum atomic E-state index is -0.800. The fraction of sp³-hybridized carbons (Fsp3) is 0.600. The maximum Gasteiger partial charge on any atom is 0.328 e. The van der Waals surface area contributed by atoms with Gasteiger partial charge in [-0.15, -0.1) is 0 Å². The maximum absolute atomic E-state index is 12.8. The molecule has 33 heavy (non-hydrogen) atoms. The fourth-order valence-electron chi connectivity index (χ4n) is 5.69. The van der Waals surface area contributed by atoms with Crippen LogP contribution in [0, 0.1) is 17.3 Å². The number of carboxylic acids is 1. The van der Waals surface area contributed by atoms with Crippen molar-refractivity contribution in [2.75, 3.05) is 6.54 Å². The summed E-state index contributed by atoms with van der Waals surface area (Å²) in [5, 5.41) is 12.9. The molecule has 2 aliphatic carbocycles. The van der Waals surface area contributed by atoms with Crippen molar-refractivity contribution in [3.8, 4) is 0 Å². The van der Waals surface area contributed by atoms with Gasteiger partial charge in [-0.2, -0.15) is 0 Å². The fourth-order valence-corrected chi connectivity index (χ4v) is 5.69. The van der Waals surface area contributed by atoms with E-state index in [9.17, 15) is 24.3 Å². The summed E-state index contributed by atoms with van der Waals surface area (Å²) in [5.41, 5.74) is -0.446. The summed E-state index contributed by atoms with van der Waals surface area (Å²) in [6.07, 6.45) is 7.93. The van der Waals surface area contributed by atoms with Gasteiger partial charge in [0.15, 0.2) is 0 Å². The molecule has 0 bridgehead atoms. The highest BCUT2D eigenvalue weighted by molar-refractivity contribution is 5.79. The molecule has 0 radical (unpaired) electrons. The van der Waals surface area contributed by atoms with Gasteiger partial charge in [-0.25, -0.2) is 4.79 Å². The van der Waals surface area contributed by atoms with E-state index in [0.29, 0.717) is 36.8 Å². The third kappa shape index (κ3) is 5.37. The van der Waals surface area contributed by atoms with Gasteiger partial charge in [0, 0.05) is 19.0 Å². The van der Waals surface area contributed by atoms with Crippen LogP contribution in [-0.2, 0) is 16.1 Å². The van der Waals surface area contributed by atoms with Crippen molar-refractivity contribution in [1.29, 1.82) is 0 Å². The number of hydrogen-bond acceptors (Lipinski definition) is 4. The third-order valence-electron chi connectivity index (χ3n) is 7.63. The number of H-pyrrole nitrogens is 1. The normalized spacial score (nSPS) is 22.7. The molecule has 0 unspecified atom stereocenters. The van der Waals surface area contributed by atoms with E-state index >= 15 is 0 Å². The molecule has 1 heterocycles. The number of amides is 1. The summed E-state index contributed by atoms with van der Waals surface area (Å²) in [7, 11) is 0. The Labute approximate surface area is 192 Å². The molecule has 0 spiro atoms. The molecule has 1 aromatic heterocycles. The Kier molecular flexibility index (Phi) is 7.00. The lowest BCUT2D eigenvalue weighted by molar-refractivity contribution is -0.141. The number of carbonyl (C=O) groups is 2. The molecule has 0 aliphatic heterocycles. The Balaban J connectivity index is 1.33.